The number of aromatic nitrogens is 1. The molecule has 5 nitrogen and oxygen atoms in total. The topological polar surface area (TPSA) is 65.5 Å². The van der Waals surface area contributed by atoms with Crippen LogP contribution < -0.4 is 4.74 Å². The molecule has 6 heteroatoms. The average molecular weight is 320 g/mol. The third-order valence-electron chi connectivity index (χ3n) is 3.01. The number of carbonyl (C=O) groups excluding carboxylic acids is 2. The first kappa shape index (κ1) is 16.0. The first-order valence-electron chi connectivity index (χ1n) is 6.52. The fourth-order valence-corrected chi connectivity index (χ4v) is 2.00. The highest BCUT2D eigenvalue weighted by Crippen LogP contribution is 2.16. The molecule has 2 rings (SSSR count). The van der Waals surface area contributed by atoms with Gasteiger partial charge in [-0.3, -0.25) is 4.79 Å². The number of rotatable bonds is 5. The minimum Gasteiger partial charge on any atom is -0.497 e. The van der Waals surface area contributed by atoms with Crippen LogP contribution in [0.25, 0.3) is 0 Å². The zero-order chi connectivity index (χ0) is 16.1. The summed E-state index contributed by atoms with van der Waals surface area (Å²) in [5, 5.41) is 0.0385. The van der Waals surface area contributed by atoms with E-state index >= 15 is 0 Å². The normalized spacial score (nSPS) is 11.6. The Balaban J connectivity index is 2.07. The zero-order valence-corrected chi connectivity index (χ0v) is 12.8. The molecule has 0 N–H and O–H groups in total. The molecule has 0 saturated carbocycles. The van der Waals surface area contributed by atoms with Gasteiger partial charge in [-0.15, -0.1) is 0 Å². The summed E-state index contributed by atoms with van der Waals surface area (Å²) >= 11 is 5.82. The molecule has 0 aliphatic carbocycles. The highest BCUT2D eigenvalue weighted by atomic mass is 35.5. The van der Waals surface area contributed by atoms with Gasteiger partial charge in [-0.2, -0.15) is 0 Å². The molecule has 1 aromatic carbocycles. The molecular weight excluding hydrogens is 306 g/mol. The van der Waals surface area contributed by atoms with Gasteiger partial charge in [0.25, 0.3) is 0 Å². The second-order valence-corrected chi connectivity index (χ2v) is 4.84. The Bertz CT molecular complexity index is 685. The van der Waals surface area contributed by atoms with E-state index in [1.807, 2.05) is 0 Å². The third kappa shape index (κ3) is 3.62. The zero-order valence-electron chi connectivity index (χ0n) is 12.1. The molecule has 0 bridgehead atoms. The van der Waals surface area contributed by atoms with Crippen molar-refractivity contribution in [3.63, 3.8) is 0 Å². The molecule has 1 heterocycles. The highest BCUT2D eigenvalue weighted by Gasteiger charge is 2.22. The third-order valence-corrected chi connectivity index (χ3v) is 3.31. The van der Waals surface area contributed by atoms with Gasteiger partial charge in [-0.25, -0.2) is 9.78 Å². The van der Waals surface area contributed by atoms with Crippen LogP contribution in [0.15, 0.2) is 42.6 Å². The number of pyridine rings is 1. The molecule has 0 unspecified atom stereocenters. The lowest BCUT2D eigenvalue weighted by molar-refractivity contribution is 0.0318. The molecule has 0 aliphatic rings. The van der Waals surface area contributed by atoms with Gasteiger partial charge in [0.2, 0.25) is 5.78 Å². The van der Waals surface area contributed by atoms with E-state index in [0.29, 0.717) is 11.3 Å². The fraction of sp³-hybridized carbons (Fsp3) is 0.188. The molecule has 0 aliphatic heterocycles. The molecule has 0 spiro atoms. The lowest BCUT2D eigenvalue weighted by Gasteiger charge is -2.13. The second kappa shape index (κ2) is 7.04. The first-order valence-corrected chi connectivity index (χ1v) is 6.90. The van der Waals surface area contributed by atoms with E-state index in [0.717, 1.165) is 0 Å². The van der Waals surface area contributed by atoms with Gasteiger partial charge in [-0.05, 0) is 43.3 Å². The van der Waals surface area contributed by atoms with Crippen molar-refractivity contribution in [2.24, 2.45) is 0 Å². The van der Waals surface area contributed by atoms with Gasteiger partial charge in [0.1, 0.15) is 10.9 Å². The van der Waals surface area contributed by atoms with Crippen molar-refractivity contribution in [2.75, 3.05) is 7.11 Å². The highest BCUT2D eigenvalue weighted by molar-refractivity contribution is 6.32. The van der Waals surface area contributed by atoms with Gasteiger partial charge in [-0.1, -0.05) is 11.6 Å². The lowest BCUT2D eigenvalue weighted by atomic mass is 10.1. The Hall–Kier alpha value is -2.40. The smallest absolute Gasteiger partial charge is 0.341 e. The number of Topliss-reactive ketones (excluding diaryl/α,β-unsaturated/α-hetero) is 1. The molecule has 1 aromatic heterocycles. The summed E-state index contributed by atoms with van der Waals surface area (Å²) in [7, 11) is 1.54. The van der Waals surface area contributed by atoms with Crippen molar-refractivity contribution < 1.29 is 19.1 Å². The fourth-order valence-electron chi connectivity index (χ4n) is 1.81. The van der Waals surface area contributed by atoms with Gasteiger partial charge in [0, 0.05) is 11.8 Å². The Kier molecular flexibility index (Phi) is 5.12. The maximum Gasteiger partial charge on any atom is 0.341 e. The summed E-state index contributed by atoms with van der Waals surface area (Å²) in [6.45, 7) is 1.51. The van der Waals surface area contributed by atoms with Crippen LogP contribution >= 0.6 is 11.6 Å². The molecule has 0 saturated heterocycles. The van der Waals surface area contributed by atoms with E-state index < -0.39 is 12.1 Å². The van der Waals surface area contributed by atoms with E-state index in [2.05, 4.69) is 4.98 Å². The maximum absolute atomic E-state index is 12.2. The van der Waals surface area contributed by atoms with E-state index in [4.69, 9.17) is 21.1 Å². The summed E-state index contributed by atoms with van der Waals surface area (Å²) < 4.78 is 10.2. The summed E-state index contributed by atoms with van der Waals surface area (Å²) in [5.41, 5.74) is 0.553. The second-order valence-electron chi connectivity index (χ2n) is 4.48. The van der Waals surface area contributed by atoms with Crippen molar-refractivity contribution in [3.05, 3.63) is 58.9 Å². The molecular formula is C16H14ClNO4. The number of nitrogens with zero attached hydrogens (tertiary/aromatic N) is 1. The maximum atomic E-state index is 12.2. The molecule has 2 aromatic rings. The van der Waals surface area contributed by atoms with Crippen molar-refractivity contribution in [1.82, 2.24) is 4.98 Å². The summed E-state index contributed by atoms with van der Waals surface area (Å²) in [6, 6.07) is 9.62. The molecule has 1 atom stereocenters. The summed E-state index contributed by atoms with van der Waals surface area (Å²) in [4.78, 5) is 28.0. The standard InChI is InChI=1S/C16H14ClNO4/c1-10(14(19)11-5-7-12(21-2)8-6-11)22-16(20)13-4-3-9-18-15(13)17/h3-10H,1-2H3/t10-/m1/s1. The largest absolute Gasteiger partial charge is 0.497 e. The van der Waals surface area contributed by atoms with E-state index in [1.54, 1.807) is 37.4 Å². The number of ketones is 1. The Morgan fingerprint density at radius 3 is 2.45 bits per heavy atom. The van der Waals surface area contributed by atoms with E-state index in [9.17, 15) is 9.59 Å². The van der Waals surface area contributed by atoms with Crippen molar-refractivity contribution in [2.45, 2.75) is 13.0 Å². The lowest BCUT2D eigenvalue weighted by Crippen LogP contribution is -2.24. The minimum atomic E-state index is -0.933. The van der Waals surface area contributed by atoms with Crippen LogP contribution in [0.3, 0.4) is 0 Å². The van der Waals surface area contributed by atoms with Crippen LogP contribution in [-0.2, 0) is 4.74 Å². The number of hydrogen-bond donors (Lipinski definition) is 0. The molecule has 0 radical (unpaired) electrons. The number of hydrogen-bond acceptors (Lipinski definition) is 5. The number of esters is 1. The van der Waals surface area contributed by atoms with Crippen LogP contribution in [0.4, 0.5) is 0 Å². The van der Waals surface area contributed by atoms with Crippen LogP contribution in [0.1, 0.15) is 27.6 Å². The molecule has 114 valence electrons. The number of ether oxygens (including phenoxy) is 2. The van der Waals surface area contributed by atoms with Gasteiger partial charge in [0.05, 0.1) is 12.7 Å². The molecule has 0 amide bonds. The Morgan fingerprint density at radius 1 is 1.18 bits per heavy atom. The van der Waals surface area contributed by atoms with E-state index in [1.165, 1.54) is 19.2 Å². The minimum absolute atomic E-state index is 0.0385. The van der Waals surface area contributed by atoms with Crippen molar-refractivity contribution >= 4 is 23.4 Å². The van der Waals surface area contributed by atoms with Gasteiger partial charge >= 0.3 is 5.97 Å². The van der Waals surface area contributed by atoms with Crippen molar-refractivity contribution in [1.29, 1.82) is 0 Å². The average Bonchev–Trinajstić information content (AvgIpc) is 2.54. The first-order chi connectivity index (χ1) is 10.5. The van der Waals surface area contributed by atoms with Gasteiger partial charge in [0.15, 0.2) is 6.10 Å². The van der Waals surface area contributed by atoms with Crippen LogP contribution in [-0.4, -0.2) is 30.0 Å². The quantitative estimate of drug-likeness (QED) is 0.481. The van der Waals surface area contributed by atoms with Crippen molar-refractivity contribution in [3.8, 4) is 5.75 Å². The number of halogens is 1. The Labute approximate surface area is 132 Å². The number of benzene rings is 1. The van der Waals surface area contributed by atoms with Crippen LogP contribution in [0, 0.1) is 0 Å². The van der Waals surface area contributed by atoms with Crippen LogP contribution in [0.5, 0.6) is 5.75 Å². The monoisotopic (exact) mass is 319 g/mol. The Morgan fingerprint density at radius 2 is 1.86 bits per heavy atom. The van der Waals surface area contributed by atoms with Gasteiger partial charge < -0.3 is 9.47 Å². The predicted octanol–water partition coefficient (Wildman–Crippen LogP) is 3.17. The molecule has 0 fully saturated rings. The summed E-state index contributed by atoms with van der Waals surface area (Å²) in [5.74, 6) is -0.355. The predicted molar refractivity (Wildman–Crippen MR) is 81.4 cm³/mol. The number of carbonyl (C=O) groups is 2. The van der Waals surface area contributed by atoms with E-state index in [-0.39, 0.29) is 16.5 Å². The summed E-state index contributed by atoms with van der Waals surface area (Å²) in [6.07, 6.45) is 0.530. The SMILES string of the molecule is COc1ccc(C(=O)[C@@H](C)OC(=O)c2cccnc2Cl)cc1. The van der Waals surface area contributed by atoms with Crippen LogP contribution in [0.2, 0.25) is 5.15 Å². The number of methoxy groups -OCH3 is 1. The molecule has 22 heavy (non-hydrogen) atoms.